The lowest BCUT2D eigenvalue weighted by molar-refractivity contribution is 1.44. The average Bonchev–Trinajstić information content (AvgIpc) is 2.92. The molecule has 0 fully saturated rings. The molecule has 0 atom stereocenters. The molecule has 0 unspecified atom stereocenters. The molecular weight excluding hydrogens is 262 g/mol. The maximum absolute atomic E-state index is 4.78. The van der Waals surface area contributed by atoms with Crippen molar-refractivity contribution < 1.29 is 0 Å². The predicted octanol–water partition coefficient (Wildman–Crippen LogP) is 5.42. The van der Waals surface area contributed by atoms with E-state index < -0.39 is 0 Å². The van der Waals surface area contributed by atoms with Crippen molar-refractivity contribution >= 4 is 32.3 Å². The summed E-state index contributed by atoms with van der Waals surface area (Å²) in [5, 5.41) is 3.66. The van der Waals surface area contributed by atoms with Gasteiger partial charge in [-0.25, -0.2) is 4.98 Å². The number of aryl methyl sites for hydroxylation is 1. The van der Waals surface area contributed by atoms with Gasteiger partial charge in [0.05, 0.1) is 10.2 Å². The summed E-state index contributed by atoms with van der Waals surface area (Å²) < 4.78 is 1.28. The van der Waals surface area contributed by atoms with Crippen LogP contribution in [0.3, 0.4) is 0 Å². The quantitative estimate of drug-likeness (QED) is 0.451. The second-order valence-electron chi connectivity index (χ2n) is 5.02. The SMILES string of the molecule is Cc1ccc(-c2nc3ccc4ccccc4c3s2)cc1. The molecule has 4 rings (SSSR count). The summed E-state index contributed by atoms with van der Waals surface area (Å²) in [5.74, 6) is 0. The molecule has 0 radical (unpaired) electrons. The van der Waals surface area contributed by atoms with E-state index >= 15 is 0 Å². The fourth-order valence-electron chi connectivity index (χ4n) is 2.48. The molecule has 0 aliphatic rings. The molecule has 2 heteroatoms. The van der Waals surface area contributed by atoms with Crippen molar-refractivity contribution in [3.8, 4) is 10.6 Å². The lowest BCUT2D eigenvalue weighted by Crippen LogP contribution is -1.76. The minimum absolute atomic E-state index is 1.09. The molecule has 4 aromatic rings. The number of thiazole rings is 1. The van der Waals surface area contributed by atoms with Gasteiger partial charge in [0.2, 0.25) is 0 Å². The van der Waals surface area contributed by atoms with Crippen LogP contribution in [0.4, 0.5) is 0 Å². The summed E-state index contributed by atoms with van der Waals surface area (Å²) in [6, 6.07) is 21.3. The number of fused-ring (bicyclic) bond motifs is 3. The summed E-state index contributed by atoms with van der Waals surface area (Å²) in [4.78, 5) is 4.78. The van der Waals surface area contributed by atoms with Crippen LogP contribution in [0.25, 0.3) is 31.6 Å². The first-order valence-electron chi connectivity index (χ1n) is 6.66. The zero-order chi connectivity index (χ0) is 13.5. The minimum atomic E-state index is 1.09. The molecule has 1 nitrogen and oxygen atoms in total. The zero-order valence-electron chi connectivity index (χ0n) is 11.1. The smallest absolute Gasteiger partial charge is 0.124 e. The molecule has 0 N–H and O–H groups in total. The summed E-state index contributed by atoms with van der Waals surface area (Å²) in [7, 11) is 0. The molecule has 0 amide bonds. The fourth-order valence-corrected chi connectivity index (χ4v) is 3.58. The number of nitrogens with zero attached hydrogens (tertiary/aromatic N) is 1. The van der Waals surface area contributed by atoms with Gasteiger partial charge in [0, 0.05) is 10.9 Å². The third kappa shape index (κ3) is 1.81. The van der Waals surface area contributed by atoms with E-state index in [1.807, 2.05) is 0 Å². The lowest BCUT2D eigenvalue weighted by Gasteiger charge is -1.96. The van der Waals surface area contributed by atoms with Gasteiger partial charge < -0.3 is 0 Å². The van der Waals surface area contributed by atoms with Gasteiger partial charge in [-0.15, -0.1) is 11.3 Å². The van der Waals surface area contributed by atoms with Crippen LogP contribution in [0.15, 0.2) is 60.7 Å². The molecule has 0 aliphatic heterocycles. The molecule has 96 valence electrons. The van der Waals surface area contributed by atoms with Crippen LogP contribution in [0.2, 0.25) is 0 Å². The lowest BCUT2D eigenvalue weighted by atomic mass is 10.1. The van der Waals surface area contributed by atoms with E-state index in [4.69, 9.17) is 4.98 Å². The van der Waals surface area contributed by atoms with Gasteiger partial charge in [-0.2, -0.15) is 0 Å². The van der Waals surface area contributed by atoms with Crippen LogP contribution >= 0.6 is 11.3 Å². The molecule has 20 heavy (non-hydrogen) atoms. The second kappa shape index (κ2) is 4.43. The molecule has 0 aliphatic carbocycles. The highest BCUT2D eigenvalue weighted by Gasteiger charge is 2.08. The first kappa shape index (κ1) is 11.6. The van der Waals surface area contributed by atoms with E-state index in [0.29, 0.717) is 0 Å². The van der Waals surface area contributed by atoms with E-state index in [0.717, 1.165) is 10.5 Å². The summed E-state index contributed by atoms with van der Waals surface area (Å²) in [6.07, 6.45) is 0. The Kier molecular flexibility index (Phi) is 2.57. The molecule has 0 saturated heterocycles. The number of rotatable bonds is 1. The van der Waals surface area contributed by atoms with Crippen LogP contribution in [0.5, 0.6) is 0 Å². The van der Waals surface area contributed by atoms with E-state index in [1.165, 1.54) is 26.6 Å². The van der Waals surface area contributed by atoms with E-state index in [9.17, 15) is 0 Å². The van der Waals surface area contributed by atoms with E-state index in [2.05, 4.69) is 67.6 Å². The van der Waals surface area contributed by atoms with Crippen molar-refractivity contribution in [2.45, 2.75) is 6.92 Å². The summed E-state index contributed by atoms with van der Waals surface area (Å²) in [5.41, 5.74) is 3.56. The highest BCUT2D eigenvalue weighted by atomic mass is 32.1. The fraction of sp³-hybridized carbons (Fsp3) is 0.0556. The first-order chi connectivity index (χ1) is 9.81. The van der Waals surface area contributed by atoms with E-state index in [1.54, 1.807) is 11.3 Å². The Morgan fingerprint density at radius 2 is 1.65 bits per heavy atom. The first-order valence-corrected chi connectivity index (χ1v) is 7.48. The van der Waals surface area contributed by atoms with Crippen LogP contribution in [0, 0.1) is 6.92 Å². The van der Waals surface area contributed by atoms with Gasteiger partial charge in [-0.1, -0.05) is 60.2 Å². The Morgan fingerprint density at radius 3 is 2.50 bits per heavy atom. The predicted molar refractivity (Wildman–Crippen MR) is 87.3 cm³/mol. The van der Waals surface area contributed by atoms with Gasteiger partial charge in [-0.05, 0) is 18.4 Å². The second-order valence-corrected chi connectivity index (χ2v) is 6.02. The van der Waals surface area contributed by atoms with Crippen molar-refractivity contribution in [1.29, 1.82) is 0 Å². The Morgan fingerprint density at radius 1 is 0.850 bits per heavy atom. The van der Waals surface area contributed by atoms with Gasteiger partial charge in [0.25, 0.3) is 0 Å². The standard InChI is InChI=1S/C18H13NS/c1-12-6-8-14(9-7-12)18-19-16-11-10-13-4-2-3-5-15(13)17(16)20-18/h2-11H,1H3. The third-order valence-corrected chi connectivity index (χ3v) is 4.73. The number of aromatic nitrogens is 1. The molecule has 3 aromatic carbocycles. The largest absolute Gasteiger partial charge is 0.236 e. The molecule has 1 heterocycles. The Balaban J connectivity index is 1.98. The van der Waals surface area contributed by atoms with Gasteiger partial charge >= 0.3 is 0 Å². The van der Waals surface area contributed by atoms with Crippen molar-refractivity contribution in [3.05, 3.63) is 66.2 Å². The zero-order valence-corrected chi connectivity index (χ0v) is 11.9. The van der Waals surface area contributed by atoms with Crippen molar-refractivity contribution in [2.75, 3.05) is 0 Å². The summed E-state index contributed by atoms with van der Waals surface area (Å²) in [6.45, 7) is 2.11. The van der Waals surface area contributed by atoms with Gasteiger partial charge in [0.15, 0.2) is 0 Å². The number of benzene rings is 3. The molecular formula is C18H13NS. The Hall–Kier alpha value is -2.19. The van der Waals surface area contributed by atoms with Gasteiger partial charge in [0.1, 0.15) is 5.01 Å². The van der Waals surface area contributed by atoms with E-state index in [-0.39, 0.29) is 0 Å². The van der Waals surface area contributed by atoms with Crippen LogP contribution in [-0.4, -0.2) is 4.98 Å². The van der Waals surface area contributed by atoms with Crippen LogP contribution in [-0.2, 0) is 0 Å². The normalized spacial score (nSPS) is 11.2. The highest BCUT2D eigenvalue weighted by Crippen LogP contribution is 2.34. The molecule has 0 saturated carbocycles. The Labute approximate surface area is 121 Å². The topological polar surface area (TPSA) is 12.9 Å². The number of hydrogen-bond acceptors (Lipinski definition) is 2. The Bertz CT molecular complexity index is 904. The van der Waals surface area contributed by atoms with Crippen LogP contribution < -0.4 is 0 Å². The minimum Gasteiger partial charge on any atom is -0.236 e. The highest BCUT2D eigenvalue weighted by molar-refractivity contribution is 7.22. The molecule has 0 spiro atoms. The third-order valence-electron chi connectivity index (χ3n) is 3.58. The monoisotopic (exact) mass is 275 g/mol. The molecule has 0 bridgehead atoms. The number of hydrogen-bond donors (Lipinski definition) is 0. The average molecular weight is 275 g/mol. The maximum Gasteiger partial charge on any atom is 0.124 e. The van der Waals surface area contributed by atoms with Gasteiger partial charge in [-0.3, -0.25) is 0 Å². The molecule has 1 aromatic heterocycles. The van der Waals surface area contributed by atoms with Crippen molar-refractivity contribution in [1.82, 2.24) is 4.98 Å². The maximum atomic E-state index is 4.78. The van der Waals surface area contributed by atoms with Crippen molar-refractivity contribution in [3.63, 3.8) is 0 Å². The van der Waals surface area contributed by atoms with Crippen molar-refractivity contribution in [2.24, 2.45) is 0 Å². The van der Waals surface area contributed by atoms with Crippen LogP contribution in [0.1, 0.15) is 5.56 Å². The summed E-state index contributed by atoms with van der Waals surface area (Å²) >= 11 is 1.77.